The number of thioether (sulfide) groups is 1. The molecule has 2 rings (SSSR count). The number of carbonyl (C=O) groups is 3. The van der Waals surface area contributed by atoms with Crippen LogP contribution in [-0.2, 0) is 9.59 Å². The molecule has 1 aliphatic rings. The maximum Gasteiger partial charge on any atom is 0.303 e. The Morgan fingerprint density at radius 3 is 2.71 bits per heavy atom. The number of imide groups is 1. The Balaban J connectivity index is 2.08. The molecular formula is C13H12N2O5S. The quantitative estimate of drug-likeness (QED) is 0.793. The van der Waals surface area contributed by atoms with Crippen molar-refractivity contribution in [2.45, 2.75) is 12.8 Å². The van der Waals surface area contributed by atoms with Crippen LogP contribution in [0.15, 0.2) is 28.0 Å². The number of nitrogens with zero attached hydrogens (tertiary/aromatic N) is 1. The zero-order valence-electron chi connectivity index (χ0n) is 10.9. The van der Waals surface area contributed by atoms with Crippen LogP contribution in [-0.4, -0.2) is 38.7 Å². The summed E-state index contributed by atoms with van der Waals surface area (Å²) in [6, 6.07) is 2.86. The first kappa shape index (κ1) is 15.0. The average molecular weight is 308 g/mol. The van der Waals surface area contributed by atoms with E-state index in [4.69, 9.17) is 5.11 Å². The second-order valence-corrected chi connectivity index (χ2v) is 5.31. The Morgan fingerprint density at radius 1 is 1.33 bits per heavy atom. The van der Waals surface area contributed by atoms with Crippen LogP contribution >= 0.6 is 11.8 Å². The standard InChI is InChI=1S/C13H12N2O5S/c16-10-4-3-8(7-14-10)6-9-12(19)15(13(20)21-9)5-1-2-11(17)18/h3-4,6-7H,1-2,5H2,(H,14,16)(H,17,18). The highest BCUT2D eigenvalue weighted by atomic mass is 32.2. The lowest BCUT2D eigenvalue weighted by atomic mass is 10.2. The van der Waals surface area contributed by atoms with Crippen LogP contribution in [0, 0.1) is 0 Å². The number of H-pyrrole nitrogens is 1. The molecule has 1 aromatic rings. The van der Waals surface area contributed by atoms with E-state index in [2.05, 4.69) is 4.98 Å². The van der Waals surface area contributed by atoms with Crippen molar-refractivity contribution in [2.24, 2.45) is 0 Å². The van der Waals surface area contributed by atoms with Gasteiger partial charge in [-0.25, -0.2) is 0 Å². The van der Waals surface area contributed by atoms with E-state index in [0.717, 1.165) is 16.7 Å². The number of carboxylic acid groups (broad SMARTS) is 1. The monoisotopic (exact) mass is 308 g/mol. The molecule has 7 nitrogen and oxygen atoms in total. The van der Waals surface area contributed by atoms with Crippen LogP contribution in [0.5, 0.6) is 0 Å². The highest BCUT2D eigenvalue weighted by Gasteiger charge is 2.34. The normalized spacial score (nSPS) is 16.8. The van der Waals surface area contributed by atoms with Crippen molar-refractivity contribution < 1.29 is 19.5 Å². The van der Waals surface area contributed by atoms with Crippen molar-refractivity contribution in [1.29, 1.82) is 0 Å². The van der Waals surface area contributed by atoms with Crippen LogP contribution in [0.2, 0.25) is 0 Å². The summed E-state index contributed by atoms with van der Waals surface area (Å²) < 4.78 is 0. The number of amides is 2. The summed E-state index contributed by atoms with van der Waals surface area (Å²) >= 11 is 0.799. The van der Waals surface area contributed by atoms with E-state index in [1.54, 1.807) is 0 Å². The maximum absolute atomic E-state index is 12.1. The number of rotatable bonds is 5. The first-order valence-electron chi connectivity index (χ1n) is 6.13. The fourth-order valence-electron chi connectivity index (χ4n) is 1.74. The fourth-order valence-corrected chi connectivity index (χ4v) is 2.61. The Kier molecular flexibility index (Phi) is 4.59. The van der Waals surface area contributed by atoms with Gasteiger partial charge in [0.25, 0.3) is 11.1 Å². The predicted molar refractivity (Wildman–Crippen MR) is 76.6 cm³/mol. The third kappa shape index (κ3) is 3.82. The number of aliphatic carboxylic acids is 1. The number of aromatic amines is 1. The molecule has 8 heteroatoms. The number of aromatic nitrogens is 1. The van der Waals surface area contributed by atoms with Gasteiger partial charge < -0.3 is 10.1 Å². The smallest absolute Gasteiger partial charge is 0.303 e. The summed E-state index contributed by atoms with van der Waals surface area (Å²) in [5.41, 5.74) is 0.347. The summed E-state index contributed by atoms with van der Waals surface area (Å²) in [4.78, 5) is 48.9. The molecule has 2 heterocycles. The summed E-state index contributed by atoms with van der Waals surface area (Å²) in [6.07, 6.45) is 3.08. The summed E-state index contributed by atoms with van der Waals surface area (Å²) in [5.74, 6) is -1.41. The van der Waals surface area contributed by atoms with E-state index in [0.29, 0.717) is 5.56 Å². The lowest BCUT2D eigenvalue weighted by Crippen LogP contribution is -2.29. The summed E-state index contributed by atoms with van der Waals surface area (Å²) in [5, 5.41) is 8.14. The Hall–Kier alpha value is -2.35. The van der Waals surface area contributed by atoms with Crippen LogP contribution < -0.4 is 5.56 Å². The Labute approximate surface area is 123 Å². The van der Waals surface area contributed by atoms with E-state index in [1.165, 1.54) is 24.4 Å². The van der Waals surface area contributed by atoms with Gasteiger partial charge in [-0.1, -0.05) is 0 Å². The van der Waals surface area contributed by atoms with Crippen LogP contribution in [0.4, 0.5) is 4.79 Å². The third-order valence-electron chi connectivity index (χ3n) is 2.75. The van der Waals surface area contributed by atoms with Crippen molar-refractivity contribution in [3.05, 3.63) is 39.2 Å². The van der Waals surface area contributed by atoms with Gasteiger partial charge in [-0.15, -0.1) is 0 Å². The van der Waals surface area contributed by atoms with E-state index >= 15 is 0 Å². The molecule has 21 heavy (non-hydrogen) atoms. The van der Waals surface area contributed by atoms with Gasteiger partial charge in [0.1, 0.15) is 0 Å². The molecule has 0 aromatic carbocycles. The minimum absolute atomic E-state index is 0.0833. The van der Waals surface area contributed by atoms with Crippen LogP contribution in [0.25, 0.3) is 6.08 Å². The first-order chi connectivity index (χ1) is 9.97. The van der Waals surface area contributed by atoms with E-state index in [9.17, 15) is 19.2 Å². The lowest BCUT2D eigenvalue weighted by molar-refractivity contribution is -0.137. The number of carbonyl (C=O) groups excluding carboxylic acids is 2. The summed E-state index contributed by atoms with van der Waals surface area (Å²) in [6.45, 7) is 0.0833. The van der Waals surface area contributed by atoms with Gasteiger partial charge in [0.2, 0.25) is 5.56 Å². The molecule has 0 aliphatic carbocycles. The molecule has 1 aromatic heterocycles. The number of carboxylic acids is 1. The molecule has 0 saturated carbocycles. The zero-order valence-corrected chi connectivity index (χ0v) is 11.7. The van der Waals surface area contributed by atoms with Crippen molar-refractivity contribution in [2.75, 3.05) is 6.54 Å². The minimum atomic E-state index is -0.967. The van der Waals surface area contributed by atoms with Crippen molar-refractivity contribution in [3.8, 4) is 0 Å². The number of hydrogen-bond acceptors (Lipinski definition) is 5. The second kappa shape index (κ2) is 6.40. The van der Waals surface area contributed by atoms with Gasteiger partial charge in [-0.05, 0) is 35.9 Å². The second-order valence-electron chi connectivity index (χ2n) is 4.32. The molecule has 0 spiro atoms. The highest BCUT2D eigenvalue weighted by molar-refractivity contribution is 8.18. The van der Waals surface area contributed by atoms with E-state index in [1.807, 2.05) is 0 Å². The van der Waals surface area contributed by atoms with Gasteiger partial charge in [-0.2, -0.15) is 0 Å². The van der Waals surface area contributed by atoms with Gasteiger partial charge in [0.15, 0.2) is 0 Å². The van der Waals surface area contributed by atoms with Crippen LogP contribution in [0.1, 0.15) is 18.4 Å². The van der Waals surface area contributed by atoms with Gasteiger partial charge in [0.05, 0.1) is 4.91 Å². The SMILES string of the molecule is O=C(O)CCCN1C(=O)SC(=Cc2ccc(=O)[nH]c2)C1=O. The van der Waals surface area contributed by atoms with E-state index < -0.39 is 17.1 Å². The Morgan fingerprint density at radius 2 is 2.10 bits per heavy atom. The predicted octanol–water partition coefficient (Wildman–Crippen LogP) is 1.28. The largest absolute Gasteiger partial charge is 0.481 e. The molecule has 0 bridgehead atoms. The number of hydrogen-bond donors (Lipinski definition) is 2. The molecule has 110 valence electrons. The molecule has 2 amide bonds. The van der Waals surface area contributed by atoms with Gasteiger partial charge >= 0.3 is 5.97 Å². The molecule has 2 N–H and O–H groups in total. The number of nitrogens with one attached hydrogen (secondary N) is 1. The zero-order chi connectivity index (χ0) is 15.4. The van der Waals surface area contributed by atoms with Crippen molar-refractivity contribution >= 4 is 35.0 Å². The van der Waals surface area contributed by atoms with Gasteiger partial charge in [0, 0.05) is 25.2 Å². The highest BCUT2D eigenvalue weighted by Crippen LogP contribution is 2.32. The van der Waals surface area contributed by atoms with E-state index in [-0.39, 0.29) is 29.9 Å². The third-order valence-corrected chi connectivity index (χ3v) is 3.66. The first-order valence-corrected chi connectivity index (χ1v) is 6.95. The molecular weight excluding hydrogens is 296 g/mol. The van der Waals surface area contributed by atoms with Crippen molar-refractivity contribution in [3.63, 3.8) is 0 Å². The maximum atomic E-state index is 12.1. The molecule has 0 radical (unpaired) electrons. The van der Waals surface area contributed by atoms with Crippen LogP contribution in [0.3, 0.4) is 0 Å². The van der Waals surface area contributed by atoms with Gasteiger partial charge in [-0.3, -0.25) is 24.1 Å². The van der Waals surface area contributed by atoms with Crippen molar-refractivity contribution in [1.82, 2.24) is 9.88 Å². The molecule has 1 fully saturated rings. The molecule has 0 atom stereocenters. The number of pyridine rings is 1. The molecule has 1 saturated heterocycles. The Bertz CT molecular complexity index is 659. The molecule has 0 unspecified atom stereocenters. The minimum Gasteiger partial charge on any atom is -0.481 e. The topological polar surface area (TPSA) is 108 Å². The molecule has 1 aliphatic heterocycles. The summed E-state index contributed by atoms with van der Waals surface area (Å²) in [7, 11) is 0. The average Bonchev–Trinajstić information content (AvgIpc) is 2.68. The fraction of sp³-hybridized carbons (Fsp3) is 0.231. The lowest BCUT2D eigenvalue weighted by Gasteiger charge is -2.10.